The molecular formula is C37H43N5O2. The molecule has 0 radical (unpaired) electrons. The van der Waals surface area contributed by atoms with Crippen molar-refractivity contribution in [3.8, 4) is 11.5 Å². The van der Waals surface area contributed by atoms with Gasteiger partial charge >= 0.3 is 0 Å². The van der Waals surface area contributed by atoms with Crippen LogP contribution >= 0.6 is 0 Å². The fourth-order valence-electron chi connectivity index (χ4n) is 6.11. The quantitative estimate of drug-likeness (QED) is 0.224. The summed E-state index contributed by atoms with van der Waals surface area (Å²) in [5.41, 5.74) is 9.66. The largest absolute Gasteiger partial charge is 0.490 e. The van der Waals surface area contributed by atoms with Crippen molar-refractivity contribution in [1.29, 1.82) is 0 Å². The number of hydrogen-bond acceptors (Lipinski definition) is 7. The van der Waals surface area contributed by atoms with Crippen LogP contribution in [-0.4, -0.2) is 53.3 Å². The number of pyridine rings is 2. The predicted octanol–water partition coefficient (Wildman–Crippen LogP) is 6.84. The van der Waals surface area contributed by atoms with Gasteiger partial charge in [-0.1, -0.05) is 30.3 Å². The fraction of sp³-hybridized carbons (Fsp3) is 0.351. The number of ether oxygens (including phenoxy) is 2. The first-order chi connectivity index (χ1) is 21.5. The summed E-state index contributed by atoms with van der Waals surface area (Å²) < 4.78 is 12.5. The van der Waals surface area contributed by atoms with Crippen molar-refractivity contribution in [2.75, 3.05) is 31.9 Å². The molecule has 4 heterocycles. The molecule has 0 bridgehead atoms. The van der Waals surface area contributed by atoms with E-state index in [0.717, 1.165) is 86.2 Å². The summed E-state index contributed by atoms with van der Waals surface area (Å²) in [7, 11) is 0. The van der Waals surface area contributed by atoms with Crippen molar-refractivity contribution >= 4 is 27.4 Å². The lowest BCUT2D eigenvalue weighted by atomic mass is 10.1. The van der Waals surface area contributed by atoms with Gasteiger partial charge in [0, 0.05) is 49.0 Å². The molecule has 44 heavy (non-hydrogen) atoms. The number of nitrogens with zero attached hydrogens (tertiary/aromatic N) is 3. The lowest BCUT2D eigenvalue weighted by Crippen LogP contribution is -2.37. The van der Waals surface area contributed by atoms with E-state index in [4.69, 9.17) is 15.2 Å². The molecule has 0 amide bonds. The molecule has 5 aromatic rings. The topological polar surface area (TPSA) is 85.5 Å². The third-order valence-corrected chi connectivity index (χ3v) is 8.68. The van der Waals surface area contributed by atoms with Crippen molar-refractivity contribution in [1.82, 2.24) is 20.2 Å². The van der Waals surface area contributed by atoms with E-state index in [-0.39, 0.29) is 6.10 Å². The third kappa shape index (κ3) is 7.47. The number of anilines is 1. The van der Waals surface area contributed by atoms with E-state index >= 15 is 0 Å². The second-order valence-electron chi connectivity index (χ2n) is 12.0. The number of hydrogen-bond donors (Lipinski definition) is 2. The summed E-state index contributed by atoms with van der Waals surface area (Å²) >= 11 is 0. The summed E-state index contributed by atoms with van der Waals surface area (Å²) in [6, 6.07) is 23.2. The highest BCUT2D eigenvalue weighted by molar-refractivity contribution is 5.92. The monoisotopic (exact) mass is 589 g/mol. The lowest BCUT2D eigenvalue weighted by Gasteiger charge is -2.32. The number of rotatable bonds is 6. The molecule has 3 N–H and O–H groups in total. The Bertz CT molecular complexity index is 1680. The Morgan fingerprint density at radius 3 is 2.18 bits per heavy atom. The molecule has 7 heteroatoms. The van der Waals surface area contributed by atoms with Gasteiger partial charge in [-0.3, -0.25) is 9.88 Å². The Morgan fingerprint density at radius 2 is 1.43 bits per heavy atom. The summed E-state index contributed by atoms with van der Waals surface area (Å²) in [4.78, 5) is 10.8. The lowest BCUT2D eigenvalue weighted by molar-refractivity contribution is 0.0964. The molecule has 2 aromatic heterocycles. The van der Waals surface area contributed by atoms with Crippen LogP contribution in [0.4, 0.5) is 5.82 Å². The van der Waals surface area contributed by atoms with Gasteiger partial charge in [-0.15, -0.1) is 0 Å². The minimum atomic E-state index is 0.275. The molecule has 0 atom stereocenters. The van der Waals surface area contributed by atoms with Gasteiger partial charge in [-0.2, -0.15) is 0 Å². The number of benzene rings is 3. The van der Waals surface area contributed by atoms with E-state index in [9.17, 15) is 0 Å². The standard InChI is InChI=1S/C22H25N3O.C15H18N2O/c1-16-13-20-18(7-10-24-22(20)23)14-21(16)26-19-8-11-25(12-9-19)15-17-5-3-2-4-6-17;1-11-8-13-10-17-5-2-12(13)9-15(11)18-14-3-6-16-7-4-14/h2-7,10,13-14,19H,8-9,11-12,15H2,1H3,(H2,23,24);2,5,8-10,14,16H,3-4,6-7H2,1H3. The van der Waals surface area contributed by atoms with Crippen LogP contribution in [0.5, 0.6) is 11.5 Å². The number of aryl methyl sites for hydroxylation is 2. The van der Waals surface area contributed by atoms with E-state index in [1.807, 2.05) is 24.5 Å². The van der Waals surface area contributed by atoms with Crippen LogP contribution in [0.25, 0.3) is 21.5 Å². The summed E-state index contributed by atoms with van der Waals surface area (Å²) in [5.74, 6) is 2.55. The van der Waals surface area contributed by atoms with E-state index in [1.54, 1.807) is 6.20 Å². The molecule has 2 fully saturated rings. The maximum absolute atomic E-state index is 6.34. The number of nitrogens with two attached hydrogens (primary N) is 1. The summed E-state index contributed by atoms with van der Waals surface area (Å²) in [5, 5.41) is 7.80. The molecule has 2 aliphatic rings. The Morgan fingerprint density at radius 1 is 0.773 bits per heavy atom. The summed E-state index contributed by atoms with van der Waals surface area (Å²) in [6.07, 6.45) is 10.4. The van der Waals surface area contributed by atoms with E-state index in [1.165, 1.54) is 21.9 Å². The zero-order valence-electron chi connectivity index (χ0n) is 25.8. The zero-order valence-corrected chi connectivity index (χ0v) is 25.8. The van der Waals surface area contributed by atoms with Gasteiger partial charge in [0.1, 0.15) is 29.5 Å². The zero-order chi connectivity index (χ0) is 30.3. The Labute approximate surface area is 260 Å². The fourth-order valence-corrected chi connectivity index (χ4v) is 6.11. The maximum atomic E-state index is 6.34. The Balaban J connectivity index is 0.000000167. The molecule has 2 aliphatic heterocycles. The minimum Gasteiger partial charge on any atom is -0.490 e. The highest BCUT2D eigenvalue weighted by Crippen LogP contribution is 2.30. The van der Waals surface area contributed by atoms with Crippen molar-refractivity contribution < 1.29 is 9.47 Å². The molecule has 7 rings (SSSR count). The number of piperidine rings is 2. The van der Waals surface area contributed by atoms with Crippen molar-refractivity contribution in [3.63, 3.8) is 0 Å². The summed E-state index contributed by atoms with van der Waals surface area (Å²) in [6.45, 7) is 9.46. The van der Waals surface area contributed by atoms with Gasteiger partial charge in [0.2, 0.25) is 0 Å². The maximum Gasteiger partial charge on any atom is 0.131 e. The number of nitrogens with one attached hydrogen (secondary N) is 1. The van der Waals surface area contributed by atoms with Gasteiger partial charge in [0.25, 0.3) is 0 Å². The predicted molar refractivity (Wildman–Crippen MR) is 179 cm³/mol. The normalized spacial score (nSPS) is 16.4. The Kier molecular flexibility index (Phi) is 9.54. The minimum absolute atomic E-state index is 0.275. The molecule has 0 aliphatic carbocycles. The van der Waals surface area contributed by atoms with Gasteiger partial charge in [-0.05, 0) is 116 Å². The number of likely N-dealkylation sites (tertiary alicyclic amines) is 1. The van der Waals surface area contributed by atoms with E-state index in [2.05, 4.69) is 88.6 Å². The Hall–Kier alpha value is -4.20. The van der Waals surface area contributed by atoms with Crippen LogP contribution in [0.15, 0.2) is 85.3 Å². The van der Waals surface area contributed by atoms with Crippen LogP contribution in [0.2, 0.25) is 0 Å². The average Bonchev–Trinajstić information content (AvgIpc) is 3.05. The first-order valence-electron chi connectivity index (χ1n) is 15.8. The molecule has 0 spiro atoms. The first kappa shape index (κ1) is 29.9. The molecular weight excluding hydrogens is 546 g/mol. The first-order valence-corrected chi connectivity index (χ1v) is 15.8. The van der Waals surface area contributed by atoms with Crippen LogP contribution < -0.4 is 20.5 Å². The molecule has 228 valence electrons. The molecule has 0 unspecified atom stereocenters. The average molecular weight is 590 g/mol. The molecule has 3 aromatic carbocycles. The third-order valence-electron chi connectivity index (χ3n) is 8.68. The van der Waals surface area contributed by atoms with Gasteiger partial charge in [-0.25, -0.2) is 4.98 Å². The van der Waals surface area contributed by atoms with Crippen LogP contribution in [0.3, 0.4) is 0 Å². The number of aromatic nitrogens is 2. The molecule has 0 saturated carbocycles. The second kappa shape index (κ2) is 14.1. The van der Waals surface area contributed by atoms with Gasteiger partial charge in [0.15, 0.2) is 0 Å². The second-order valence-corrected chi connectivity index (χ2v) is 12.0. The van der Waals surface area contributed by atoms with Crippen molar-refractivity contribution in [3.05, 3.63) is 102 Å². The van der Waals surface area contributed by atoms with Crippen molar-refractivity contribution in [2.45, 2.75) is 58.3 Å². The highest BCUT2D eigenvalue weighted by atomic mass is 16.5. The highest BCUT2D eigenvalue weighted by Gasteiger charge is 2.21. The van der Waals surface area contributed by atoms with E-state index in [0.29, 0.717) is 11.9 Å². The van der Waals surface area contributed by atoms with Crippen LogP contribution in [0.1, 0.15) is 42.4 Å². The smallest absolute Gasteiger partial charge is 0.131 e. The van der Waals surface area contributed by atoms with E-state index < -0.39 is 0 Å². The SMILES string of the molecule is Cc1cc2c(N)nccc2cc1OC1CCN(Cc2ccccc2)CC1.Cc1cc2cnccc2cc1OC1CCNCC1. The van der Waals surface area contributed by atoms with Gasteiger partial charge < -0.3 is 20.5 Å². The van der Waals surface area contributed by atoms with Crippen molar-refractivity contribution in [2.24, 2.45) is 0 Å². The van der Waals surface area contributed by atoms with Crippen LogP contribution in [0, 0.1) is 13.8 Å². The number of nitrogen functional groups attached to an aromatic ring is 1. The van der Waals surface area contributed by atoms with Crippen LogP contribution in [-0.2, 0) is 6.54 Å². The molecule has 7 nitrogen and oxygen atoms in total. The molecule has 2 saturated heterocycles. The van der Waals surface area contributed by atoms with Gasteiger partial charge in [0.05, 0.1) is 0 Å². The number of fused-ring (bicyclic) bond motifs is 2.